The fourth-order valence-electron chi connectivity index (χ4n) is 1.30. The van der Waals surface area contributed by atoms with Gasteiger partial charge < -0.3 is 26.0 Å². The van der Waals surface area contributed by atoms with Crippen molar-refractivity contribution in [3.8, 4) is 0 Å². The van der Waals surface area contributed by atoms with E-state index in [1.54, 1.807) is 0 Å². The van der Waals surface area contributed by atoms with Crippen LogP contribution < -0.4 is 10.6 Å². The first-order valence-electron chi connectivity index (χ1n) is 5.32. The highest BCUT2D eigenvalue weighted by Crippen LogP contribution is 2.22. The van der Waals surface area contributed by atoms with Gasteiger partial charge in [-0.25, -0.2) is 4.79 Å². The number of anilines is 1. The normalized spacial score (nSPS) is 11.2. The summed E-state index contributed by atoms with van der Waals surface area (Å²) in [6.07, 6.45) is 0. The van der Waals surface area contributed by atoms with Crippen molar-refractivity contribution in [3.05, 3.63) is 28.2 Å². The van der Waals surface area contributed by atoms with Crippen molar-refractivity contribution < 1.29 is 20.1 Å². The summed E-state index contributed by atoms with van der Waals surface area (Å²) in [5, 5.41) is 32.6. The summed E-state index contributed by atoms with van der Waals surface area (Å²) in [6.45, 7) is -1.82. The Bertz CT molecular complexity index is 424. The van der Waals surface area contributed by atoms with Gasteiger partial charge in [0.05, 0.1) is 19.8 Å². The number of hydrogen-bond donors (Lipinski definition) is 5. The highest BCUT2D eigenvalue weighted by Gasteiger charge is 2.29. The van der Waals surface area contributed by atoms with E-state index in [4.69, 9.17) is 38.5 Å². The number of urea groups is 1. The summed E-state index contributed by atoms with van der Waals surface area (Å²) >= 11 is 11.5. The van der Waals surface area contributed by atoms with Crippen molar-refractivity contribution in [2.75, 3.05) is 25.1 Å². The van der Waals surface area contributed by atoms with Crippen LogP contribution in [0.15, 0.2) is 18.2 Å². The molecule has 0 atom stereocenters. The van der Waals surface area contributed by atoms with E-state index in [0.717, 1.165) is 0 Å². The number of aliphatic hydroxyl groups excluding tert-OH is 3. The quantitative estimate of drug-likeness (QED) is 0.556. The SMILES string of the molecule is O=C(Nc1cc(Cl)cc(Cl)c1)NC(CO)(CO)CO. The van der Waals surface area contributed by atoms with Crippen molar-refractivity contribution in [3.63, 3.8) is 0 Å². The fraction of sp³-hybridized carbons (Fsp3) is 0.364. The van der Waals surface area contributed by atoms with Crippen molar-refractivity contribution >= 4 is 34.9 Å². The van der Waals surface area contributed by atoms with Gasteiger partial charge in [-0.3, -0.25) is 0 Å². The van der Waals surface area contributed by atoms with Gasteiger partial charge >= 0.3 is 6.03 Å². The van der Waals surface area contributed by atoms with E-state index >= 15 is 0 Å². The topological polar surface area (TPSA) is 102 Å². The standard InChI is InChI=1S/C11H14Cl2N2O4/c12-7-1-8(13)3-9(2-7)14-10(19)15-11(4-16,5-17)6-18/h1-3,16-18H,4-6H2,(H2,14,15,19). The molecular weight excluding hydrogens is 295 g/mol. The third-order valence-electron chi connectivity index (χ3n) is 2.41. The lowest BCUT2D eigenvalue weighted by atomic mass is 10.0. The Labute approximate surface area is 120 Å². The van der Waals surface area contributed by atoms with Crippen molar-refractivity contribution in [2.45, 2.75) is 5.54 Å². The monoisotopic (exact) mass is 308 g/mol. The van der Waals surface area contributed by atoms with Crippen molar-refractivity contribution in [1.82, 2.24) is 5.32 Å². The lowest BCUT2D eigenvalue weighted by Crippen LogP contribution is -2.58. The molecule has 0 aliphatic carbocycles. The molecule has 6 nitrogen and oxygen atoms in total. The summed E-state index contributed by atoms with van der Waals surface area (Å²) in [5.41, 5.74) is -1.15. The Morgan fingerprint density at radius 1 is 1.05 bits per heavy atom. The largest absolute Gasteiger partial charge is 0.394 e. The zero-order valence-corrected chi connectivity index (χ0v) is 11.4. The van der Waals surface area contributed by atoms with E-state index in [1.165, 1.54) is 18.2 Å². The van der Waals surface area contributed by atoms with Gasteiger partial charge in [-0.1, -0.05) is 23.2 Å². The highest BCUT2D eigenvalue weighted by atomic mass is 35.5. The molecule has 2 amide bonds. The lowest BCUT2D eigenvalue weighted by molar-refractivity contribution is 0.0507. The molecule has 0 aliphatic heterocycles. The van der Waals surface area contributed by atoms with Crippen molar-refractivity contribution in [1.29, 1.82) is 0 Å². The molecule has 8 heteroatoms. The van der Waals surface area contributed by atoms with Crippen LogP contribution in [0.25, 0.3) is 0 Å². The molecule has 106 valence electrons. The molecule has 1 rings (SSSR count). The van der Waals surface area contributed by atoms with Crippen LogP contribution in [0.4, 0.5) is 10.5 Å². The smallest absolute Gasteiger partial charge is 0.319 e. The Balaban J connectivity index is 2.74. The fourth-order valence-corrected chi connectivity index (χ4v) is 1.82. The third kappa shape index (κ3) is 4.52. The zero-order valence-electron chi connectivity index (χ0n) is 9.86. The van der Waals surface area contributed by atoms with E-state index < -0.39 is 31.4 Å². The maximum Gasteiger partial charge on any atom is 0.319 e. The van der Waals surface area contributed by atoms with Gasteiger partial charge in [-0.05, 0) is 18.2 Å². The van der Waals surface area contributed by atoms with E-state index in [2.05, 4.69) is 10.6 Å². The Kier molecular flexibility index (Phi) is 5.84. The van der Waals surface area contributed by atoms with Gasteiger partial charge in [0.1, 0.15) is 5.54 Å². The van der Waals surface area contributed by atoms with Gasteiger partial charge in [-0.2, -0.15) is 0 Å². The van der Waals surface area contributed by atoms with Gasteiger partial charge in [0.15, 0.2) is 0 Å². The Morgan fingerprint density at radius 2 is 1.53 bits per heavy atom. The number of aliphatic hydroxyl groups is 3. The summed E-state index contributed by atoms with van der Waals surface area (Å²) in [7, 11) is 0. The minimum atomic E-state index is -1.49. The first-order valence-corrected chi connectivity index (χ1v) is 6.08. The molecule has 0 fully saturated rings. The number of halogens is 2. The molecule has 19 heavy (non-hydrogen) atoms. The Morgan fingerprint density at radius 3 is 1.95 bits per heavy atom. The van der Waals surface area contributed by atoms with Crippen LogP contribution in [-0.2, 0) is 0 Å². The first kappa shape index (κ1) is 16.0. The third-order valence-corrected chi connectivity index (χ3v) is 2.84. The summed E-state index contributed by atoms with van der Waals surface area (Å²) in [6, 6.07) is 3.75. The number of nitrogens with one attached hydrogen (secondary N) is 2. The molecule has 0 saturated carbocycles. The molecule has 0 heterocycles. The molecule has 0 saturated heterocycles. The van der Waals surface area contributed by atoms with Crippen LogP contribution in [0.5, 0.6) is 0 Å². The van der Waals surface area contributed by atoms with E-state index in [-0.39, 0.29) is 0 Å². The predicted octanol–water partition coefficient (Wildman–Crippen LogP) is 0.831. The zero-order chi connectivity index (χ0) is 14.5. The maximum atomic E-state index is 11.7. The summed E-state index contributed by atoms with van der Waals surface area (Å²) in [5.74, 6) is 0. The number of hydrogen-bond acceptors (Lipinski definition) is 4. The van der Waals surface area contributed by atoms with Crippen LogP contribution in [0.1, 0.15) is 0 Å². The van der Waals surface area contributed by atoms with Gasteiger partial charge in [-0.15, -0.1) is 0 Å². The number of carbonyl (C=O) groups is 1. The summed E-state index contributed by atoms with van der Waals surface area (Å²) in [4.78, 5) is 11.7. The molecule has 0 bridgehead atoms. The average Bonchev–Trinajstić information content (AvgIpc) is 2.35. The second-order valence-corrected chi connectivity index (χ2v) is 4.86. The highest BCUT2D eigenvalue weighted by molar-refractivity contribution is 6.35. The van der Waals surface area contributed by atoms with Gasteiger partial charge in [0, 0.05) is 15.7 Å². The number of rotatable bonds is 5. The molecule has 1 aromatic rings. The van der Waals surface area contributed by atoms with Gasteiger partial charge in [0.2, 0.25) is 0 Å². The molecule has 1 aromatic carbocycles. The van der Waals surface area contributed by atoms with Crippen LogP contribution in [0.3, 0.4) is 0 Å². The lowest BCUT2D eigenvalue weighted by Gasteiger charge is -2.28. The number of carbonyl (C=O) groups excluding carboxylic acids is 1. The number of amides is 2. The molecule has 0 unspecified atom stereocenters. The second kappa shape index (κ2) is 6.93. The van der Waals surface area contributed by atoms with E-state index in [1.807, 2.05) is 0 Å². The number of benzene rings is 1. The predicted molar refractivity (Wildman–Crippen MR) is 72.6 cm³/mol. The van der Waals surface area contributed by atoms with Crippen LogP contribution in [0.2, 0.25) is 10.0 Å². The molecule has 0 aromatic heterocycles. The minimum absolute atomic E-state index is 0.345. The first-order chi connectivity index (χ1) is 8.94. The Hall–Kier alpha value is -1.05. The van der Waals surface area contributed by atoms with Crippen molar-refractivity contribution in [2.24, 2.45) is 0 Å². The van der Waals surface area contributed by atoms with Gasteiger partial charge in [0.25, 0.3) is 0 Å². The summed E-state index contributed by atoms with van der Waals surface area (Å²) < 4.78 is 0. The molecule has 0 spiro atoms. The van der Waals surface area contributed by atoms with Crippen LogP contribution in [0, 0.1) is 0 Å². The molecule has 0 aliphatic rings. The van der Waals surface area contributed by atoms with Crippen LogP contribution in [-0.4, -0.2) is 46.7 Å². The van der Waals surface area contributed by atoms with E-state index in [9.17, 15) is 4.79 Å². The molecular formula is C11H14Cl2N2O4. The average molecular weight is 309 g/mol. The van der Waals surface area contributed by atoms with E-state index in [0.29, 0.717) is 15.7 Å². The second-order valence-electron chi connectivity index (χ2n) is 3.99. The minimum Gasteiger partial charge on any atom is -0.394 e. The van der Waals surface area contributed by atoms with Crippen LogP contribution >= 0.6 is 23.2 Å². The molecule has 0 radical (unpaired) electrons. The molecule has 5 N–H and O–H groups in total. The maximum absolute atomic E-state index is 11.7.